The molecule has 0 radical (unpaired) electrons. The number of aromatic nitrogens is 2. The van der Waals surface area contributed by atoms with Gasteiger partial charge in [0.25, 0.3) is 5.91 Å². The van der Waals surface area contributed by atoms with Crippen LogP contribution in [0.15, 0.2) is 48.5 Å². The van der Waals surface area contributed by atoms with Gasteiger partial charge in [-0.1, -0.05) is 6.07 Å². The van der Waals surface area contributed by atoms with E-state index in [0.717, 1.165) is 40.6 Å². The van der Waals surface area contributed by atoms with Crippen molar-refractivity contribution in [3.05, 3.63) is 70.9 Å². The molecule has 0 unspecified atom stereocenters. The molecule has 0 fully saturated rings. The Labute approximate surface area is 169 Å². The molecule has 4 rings (SSSR count). The van der Waals surface area contributed by atoms with E-state index < -0.39 is 0 Å². The molecule has 7 heteroatoms. The van der Waals surface area contributed by atoms with Crippen LogP contribution in [0.3, 0.4) is 0 Å². The first-order valence-corrected chi connectivity index (χ1v) is 9.58. The molecule has 3 aromatic rings. The normalized spacial score (nSPS) is 12.3. The van der Waals surface area contributed by atoms with Gasteiger partial charge in [0.2, 0.25) is 5.95 Å². The maximum atomic E-state index is 12.5. The monoisotopic (exact) mass is 389 g/mol. The SMILES string of the molecule is CCNc1cc(C)nc(Nc2ccc(NC(=O)c3ccc4c(c3)COC4)cc2)n1. The molecule has 0 bridgehead atoms. The second-order valence-corrected chi connectivity index (χ2v) is 6.88. The van der Waals surface area contributed by atoms with E-state index in [2.05, 4.69) is 25.9 Å². The number of nitrogens with one attached hydrogen (secondary N) is 3. The molecular formula is C22H23N5O2. The zero-order chi connectivity index (χ0) is 20.2. The van der Waals surface area contributed by atoms with E-state index in [0.29, 0.717) is 24.7 Å². The Morgan fingerprint density at radius 2 is 1.76 bits per heavy atom. The topological polar surface area (TPSA) is 88.2 Å². The van der Waals surface area contributed by atoms with Gasteiger partial charge in [-0.2, -0.15) is 4.98 Å². The average molecular weight is 389 g/mol. The summed E-state index contributed by atoms with van der Waals surface area (Å²) in [6.07, 6.45) is 0. The number of carbonyl (C=O) groups excluding carboxylic acids is 1. The van der Waals surface area contributed by atoms with Crippen LogP contribution in [-0.4, -0.2) is 22.4 Å². The zero-order valence-corrected chi connectivity index (χ0v) is 16.5. The summed E-state index contributed by atoms with van der Waals surface area (Å²) in [5, 5.41) is 9.31. The van der Waals surface area contributed by atoms with E-state index in [1.165, 1.54) is 0 Å². The Hall–Kier alpha value is -3.45. The van der Waals surface area contributed by atoms with E-state index in [1.807, 2.05) is 62.4 Å². The van der Waals surface area contributed by atoms with Gasteiger partial charge in [0, 0.05) is 35.2 Å². The molecule has 7 nitrogen and oxygen atoms in total. The third-order valence-electron chi connectivity index (χ3n) is 4.59. The number of carbonyl (C=O) groups is 1. The minimum Gasteiger partial charge on any atom is -0.372 e. The van der Waals surface area contributed by atoms with Crippen molar-refractivity contribution >= 4 is 29.0 Å². The summed E-state index contributed by atoms with van der Waals surface area (Å²) in [7, 11) is 0. The number of hydrogen-bond acceptors (Lipinski definition) is 6. The van der Waals surface area contributed by atoms with Crippen LogP contribution < -0.4 is 16.0 Å². The molecule has 0 saturated carbocycles. The van der Waals surface area contributed by atoms with Gasteiger partial charge in [0.15, 0.2) is 0 Å². The molecule has 29 heavy (non-hydrogen) atoms. The minimum atomic E-state index is -0.141. The van der Waals surface area contributed by atoms with Gasteiger partial charge in [-0.3, -0.25) is 4.79 Å². The standard InChI is InChI=1S/C22H23N5O2/c1-3-23-20-10-14(2)24-22(27-20)26-19-8-6-18(7-9-19)25-21(28)15-4-5-16-12-29-13-17(16)11-15/h4-11H,3,12-13H2,1-2H3,(H,25,28)(H2,23,24,26,27). The molecular weight excluding hydrogens is 366 g/mol. The van der Waals surface area contributed by atoms with Crippen molar-refractivity contribution in [2.24, 2.45) is 0 Å². The molecule has 3 N–H and O–H groups in total. The molecule has 0 spiro atoms. The number of aryl methyl sites for hydroxylation is 1. The number of ether oxygens (including phenoxy) is 1. The second kappa shape index (κ2) is 8.28. The maximum Gasteiger partial charge on any atom is 0.255 e. The van der Waals surface area contributed by atoms with Gasteiger partial charge < -0.3 is 20.7 Å². The molecule has 1 amide bonds. The lowest BCUT2D eigenvalue weighted by atomic mass is 10.1. The lowest BCUT2D eigenvalue weighted by Gasteiger charge is -2.10. The van der Waals surface area contributed by atoms with E-state index >= 15 is 0 Å². The summed E-state index contributed by atoms with van der Waals surface area (Å²) < 4.78 is 5.41. The highest BCUT2D eigenvalue weighted by Crippen LogP contribution is 2.22. The van der Waals surface area contributed by atoms with Crippen molar-refractivity contribution in [2.75, 3.05) is 22.5 Å². The van der Waals surface area contributed by atoms with Crippen LogP contribution in [0, 0.1) is 6.92 Å². The molecule has 2 aromatic carbocycles. The van der Waals surface area contributed by atoms with Gasteiger partial charge in [0.1, 0.15) is 5.82 Å². The van der Waals surface area contributed by atoms with Gasteiger partial charge >= 0.3 is 0 Å². The summed E-state index contributed by atoms with van der Waals surface area (Å²) in [4.78, 5) is 21.4. The highest BCUT2D eigenvalue weighted by Gasteiger charge is 2.14. The summed E-state index contributed by atoms with van der Waals surface area (Å²) in [6, 6.07) is 15.0. The maximum absolute atomic E-state index is 12.5. The third kappa shape index (κ3) is 4.52. The molecule has 0 saturated heterocycles. The van der Waals surface area contributed by atoms with Gasteiger partial charge in [0.05, 0.1) is 13.2 Å². The van der Waals surface area contributed by atoms with Gasteiger partial charge in [-0.15, -0.1) is 0 Å². The van der Waals surface area contributed by atoms with Crippen LogP contribution in [0.25, 0.3) is 0 Å². The van der Waals surface area contributed by atoms with Crippen LogP contribution in [0.2, 0.25) is 0 Å². The van der Waals surface area contributed by atoms with E-state index in [9.17, 15) is 4.79 Å². The molecule has 2 heterocycles. The number of amides is 1. The number of nitrogens with zero attached hydrogens (tertiary/aromatic N) is 2. The largest absolute Gasteiger partial charge is 0.372 e. The van der Waals surface area contributed by atoms with Crippen LogP contribution in [0.5, 0.6) is 0 Å². The molecule has 0 aliphatic carbocycles. The van der Waals surface area contributed by atoms with E-state index in [1.54, 1.807) is 0 Å². The summed E-state index contributed by atoms with van der Waals surface area (Å²) >= 11 is 0. The quantitative estimate of drug-likeness (QED) is 0.584. The Balaban J connectivity index is 1.42. The minimum absolute atomic E-state index is 0.141. The predicted molar refractivity (Wildman–Crippen MR) is 114 cm³/mol. The van der Waals surface area contributed by atoms with Crippen molar-refractivity contribution in [2.45, 2.75) is 27.1 Å². The van der Waals surface area contributed by atoms with Crippen LogP contribution >= 0.6 is 0 Å². The first kappa shape index (κ1) is 18.9. The number of rotatable bonds is 6. The summed E-state index contributed by atoms with van der Waals surface area (Å²) in [6.45, 7) is 5.92. The number of fused-ring (bicyclic) bond motifs is 1. The van der Waals surface area contributed by atoms with Crippen molar-refractivity contribution < 1.29 is 9.53 Å². The fourth-order valence-electron chi connectivity index (χ4n) is 3.18. The van der Waals surface area contributed by atoms with Crippen molar-refractivity contribution in [3.8, 4) is 0 Å². The third-order valence-corrected chi connectivity index (χ3v) is 4.59. The zero-order valence-electron chi connectivity index (χ0n) is 16.5. The van der Waals surface area contributed by atoms with E-state index in [-0.39, 0.29) is 5.91 Å². The molecule has 1 aliphatic heterocycles. The molecule has 1 aliphatic rings. The second-order valence-electron chi connectivity index (χ2n) is 6.88. The molecule has 0 atom stereocenters. The molecule has 1 aromatic heterocycles. The van der Waals surface area contributed by atoms with Crippen LogP contribution in [0.4, 0.5) is 23.1 Å². The highest BCUT2D eigenvalue weighted by molar-refractivity contribution is 6.04. The highest BCUT2D eigenvalue weighted by atomic mass is 16.5. The number of benzene rings is 2. The first-order valence-electron chi connectivity index (χ1n) is 9.58. The van der Waals surface area contributed by atoms with Crippen molar-refractivity contribution in [1.82, 2.24) is 9.97 Å². The summed E-state index contributed by atoms with van der Waals surface area (Å²) in [5.41, 5.74) is 5.28. The number of anilines is 4. The first-order chi connectivity index (χ1) is 14.1. The van der Waals surface area contributed by atoms with Crippen LogP contribution in [0.1, 0.15) is 34.1 Å². The summed E-state index contributed by atoms with van der Waals surface area (Å²) in [5.74, 6) is 1.17. The predicted octanol–water partition coefficient (Wildman–Crippen LogP) is 4.24. The Morgan fingerprint density at radius 1 is 1.00 bits per heavy atom. The fourth-order valence-corrected chi connectivity index (χ4v) is 3.18. The fraction of sp³-hybridized carbons (Fsp3) is 0.227. The smallest absolute Gasteiger partial charge is 0.255 e. The average Bonchev–Trinajstić information content (AvgIpc) is 3.17. The van der Waals surface area contributed by atoms with Gasteiger partial charge in [-0.25, -0.2) is 4.98 Å². The number of hydrogen-bond donors (Lipinski definition) is 3. The van der Waals surface area contributed by atoms with Crippen LogP contribution in [-0.2, 0) is 18.0 Å². The Morgan fingerprint density at radius 3 is 2.55 bits per heavy atom. The van der Waals surface area contributed by atoms with E-state index in [4.69, 9.17) is 4.74 Å². The van der Waals surface area contributed by atoms with Crippen molar-refractivity contribution in [1.29, 1.82) is 0 Å². The lowest BCUT2D eigenvalue weighted by molar-refractivity contribution is 0.102. The Bertz CT molecular complexity index is 1030. The lowest BCUT2D eigenvalue weighted by Crippen LogP contribution is -2.12. The Kier molecular flexibility index (Phi) is 5.39. The van der Waals surface area contributed by atoms with Gasteiger partial charge in [-0.05, 0) is 61.4 Å². The molecule has 148 valence electrons. The van der Waals surface area contributed by atoms with Crippen molar-refractivity contribution in [3.63, 3.8) is 0 Å².